The number of hydrogen-bond acceptors (Lipinski definition) is 0. The molecule has 134 valence electrons. The Balaban J connectivity index is 2.61. The Morgan fingerprint density at radius 2 is 1.79 bits per heavy atom. The third kappa shape index (κ3) is 5.77. The molecule has 1 rings (SSSR count). The summed E-state index contributed by atoms with van der Waals surface area (Å²) in [5.41, 5.74) is 2.32. The van der Waals surface area contributed by atoms with Gasteiger partial charge in [0.25, 0.3) is 0 Å². The first-order valence-electron chi connectivity index (χ1n) is 9.47. The van der Waals surface area contributed by atoms with Crippen LogP contribution in [-0.4, -0.2) is 8.07 Å². The molecule has 0 aliphatic heterocycles. The van der Waals surface area contributed by atoms with Crippen LogP contribution in [-0.2, 0) is 0 Å². The van der Waals surface area contributed by atoms with Crippen molar-refractivity contribution in [2.24, 2.45) is 11.3 Å². The van der Waals surface area contributed by atoms with Gasteiger partial charge in [0.15, 0.2) is 0 Å². The number of hydrogen-bond donors (Lipinski definition) is 0. The first-order chi connectivity index (χ1) is 11.1. The Morgan fingerprint density at radius 3 is 2.29 bits per heavy atom. The van der Waals surface area contributed by atoms with Gasteiger partial charge in [-0.3, -0.25) is 0 Å². The molecule has 3 atom stereocenters. The van der Waals surface area contributed by atoms with Crippen molar-refractivity contribution in [1.29, 1.82) is 0 Å². The maximum Gasteiger partial charge on any atom is 0.0834 e. The summed E-state index contributed by atoms with van der Waals surface area (Å²) in [5, 5.41) is 1.58. The zero-order valence-corrected chi connectivity index (χ0v) is 17.9. The molecule has 24 heavy (non-hydrogen) atoms. The third-order valence-electron chi connectivity index (χ3n) is 6.24. The maximum atomic E-state index is 4.12. The van der Waals surface area contributed by atoms with E-state index in [2.05, 4.69) is 90.4 Å². The quantitative estimate of drug-likeness (QED) is 0.318. The van der Waals surface area contributed by atoms with Crippen molar-refractivity contribution in [3.05, 3.63) is 55.1 Å². The van der Waals surface area contributed by atoms with Gasteiger partial charge in [-0.15, -0.1) is 6.58 Å². The van der Waals surface area contributed by atoms with E-state index in [1.807, 2.05) is 0 Å². The van der Waals surface area contributed by atoms with Crippen molar-refractivity contribution >= 4 is 13.3 Å². The molecule has 0 bridgehead atoms. The zero-order valence-electron chi connectivity index (χ0n) is 16.9. The zero-order chi connectivity index (χ0) is 18.4. The molecule has 1 aromatic carbocycles. The highest BCUT2D eigenvalue weighted by Crippen LogP contribution is 2.37. The molecule has 0 N–H and O–H groups in total. The lowest BCUT2D eigenvalue weighted by molar-refractivity contribution is 0.307. The third-order valence-corrected chi connectivity index (χ3v) is 10.8. The van der Waals surface area contributed by atoms with E-state index >= 15 is 0 Å². The number of allylic oxidation sites excluding steroid dienone is 2. The van der Waals surface area contributed by atoms with Gasteiger partial charge >= 0.3 is 0 Å². The second kappa shape index (κ2) is 8.85. The molecule has 3 unspecified atom stereocenters. The minimum absolute atomic E-state index is 0.233. The van der Waals surface area contributed by atoms with Gasteiger partial charge in [0.05, 0.1) is 8.07 Å². The highest BCUT2D eigenvalue weighted by Gasteiger charge is 2.31. The van der Waals surface area contributed by atoms with Gasteiger partial charge in [-0.1, -0.05) is 100 Å². The van der Waals surface area contributed by atoms with Crippen molar-refractivity contribution in [1.82, 2.24) is 0 Å². The van der Waals surface area contributed by atoms with E-state index in [0.29, 0.717) is 5.92 Å². The molecule has 0 saturated heterocycles. The highest BCUT2D eigenvalue weighted by atomic mass is 28.3. The number of benzene rings is 1. The number of rotatable bonds is 10. The smallest absolute Gasteiger partial charge is 0.0834 e. The summed E-state index contributed by atoms with van der Waals surface area (Å²) in [5.74, 6) is 0.570. The van der Waals surface area contributed by atoms with E-state index in [4.69, 9.17) is 0 Å². The van der Waals surface area contributed by atoms with Crippen molar-refractivity contribution in [3.8, 4) is 0 Å². The van der Waals surface area contributed by atoms with Gasteiger partial charge in [0.1, 0.15) is 0 Å². The standard InChI is InChI=1S/C23H38Si/c1-9-23(6,18-20(4)19(2)3)17-13-14-21(5)24(7,8)22-15-11-10-12-16-22/h9-12,15-16,20-21H,1-2,13-14,17-18H2,3-8H3. The summed E-state index contributed by atoms with van der Waals surface area (Å²) in [6.07, 6.45) is 7.18. The van der Waals surface area contributed by atoms with Crippen LogP contribution in [0, 0.1) is 11.3 Å². The second-order valence-electron chi connectivity index (χ2n) is 8.69. The molecule has 0 saturated carbocycles. The Hall–Kier alpha value is -1.08. The molecule has 0 heterocycles. The van der Waals surface area contributed by atoms with E-state index in [-0.39, 0.29) is 5.41 Å². The fourth-order valence-corrected chi connectivity index (χ4v) is 6.03. The first-order valence-corrected chi connectivity index (χ1v) is 12.5. The SMILES string of the molecule is C=CC(C)(CCCC(C)[Si](C)(C)c1ccccc1)CC(C)C(=C)C. The average molecular weight is 343 g/mol. The van der Waals surface area contributed by atoms with Crippen molar-refractivity contribution in [2.45, 2.75) is 72.0 Å². The van der Waals surface area contributed by atoms with E-state index in [1.165, 1.54) is 31.3 Å². The Labute approximate surface area is 152 Å². The highest BCUT2D eigenvalue weighted by molar-refractivity contribution is 6.90. The molecule has 0 nitrogen and oxygen atoms in total. The second-order valence-corrected chi connectivity index (χ2v) is 13.7. The molecule has 1 aromatic rings. The molecular weight excluding hydrogens is 304 g/mol. The minimum Gasteiger partial charge on any atom is -0.103 e. The van der Waals surface area contributed by atoms with E-state index in [9.17, 15) is 0 Å². The predicted octanol–water partition coefficient (Wildman–Crippen LogP) is 6.96. The topological polar surface area (TPSA) is 0 Å². The van der Waals surface area contributed by atoms with Crippen LogP contribution < -0.4 is 5.19 Å². The molecule has 0 spiro atoms. The van der Waals surface area contributed by atoms with Crippen LogP contribution in [0.4, 0.5) is 0 Å². The maximum absolute atomic E-state index is 4.12. The van der Waals surface area contributed by atoms with Crippen LogP contribution in [0.5, 0.6) is 0 Å². The molecule has 0 radical (unpaired) electrons. The lowest BCUT2D eigenvalue weighted by Gasteiger charge is -2.33. The van der Waals surface area contributed by atoms with Crippen LogP contribution in [0.15, 0.2) is 55.1 Å². The Kier molecular flexibility index (Phi) is 7.73. The molecule has 0 fully saturated rings. The molecule has 0 amide bonds. The summed E-state index contributed by atoms with van der Waals surface area (Å²) in [4.78, 5) is 0. The van der Waals surface area contributed by atoms with E-state index in [0.717, 1.165) is 5.54 Å². The lowest BCUT2D eigenvalue weighted by atomic mass is 9.76. The van der Waals surface area contributed by atoms with Gasteiger partial charge in [-0.25, -0.2) is 0 Å². The summed E-state index contributed by atoms with van der Waals surface area (Å²) in [7, 11) is -1.38. The molecule has 0 aliphatic rings. The van der Waals surface area contributed by atoms with Crippen molar-refractivity contribution in [2.75, 3.05) is 0 Å². The van der Waals surface area contributed by atoms with E-state index in [1.54, 1.807) is 5.19 Å². The largest absolute Gasteiger partial charge is 0.103 e. The lowest BCUT2D eigenvalue weighted by Crippen LogP contribution is -2.45. The molecule has 0 aromatic heterocycles. The van der Waals surface area contributed by atoms with Crippen LogP contribution in [0.25, 0.3) is 0 Å². The van der Waals surface area contributed by atoms with Crippen LogP contribution in [0.1, 0.15) is 53.4 Å². The summed E-state index contributed by atoms with van der Waals surface area (Å²) in [6, 6.07) is 11.1. The van der Waals surface area contributed by atoms with Crippen molar-refractivity contribution in [3.63, 3.8) is 0 Å². The minimum atomic E-state index is -1.38. The molecule has 0 aliphatic carbocycles. The first kappa shape index (κ1) is 21.0. The van der Waals surface area contributed by atoms with Gasteiger partial charge in [0, 0.05) is 0 Å². The molecule has 1 heteroatoms. The Bertz CT molecular complexity index is 528. The van der Waals surface area contributed by atoms with Crippen LogP contribution in [0.3, 0.4) is 0 Å². The summed E-state index contributed by atoms with van der Waals surface area (Å²) >= 11 is 0. The monoisotopic (exact) mass is 342 g/mol. The fourth-order valence-electron chi connectivity index (χ4n) is 3.49. The molecular formula is C23H38Si. The summed E-state index contributed by atoms with van der Waals surface area (Å²) in [6.45, 7) is 22.5. The normalized spacial score (nSPS) is 16.9. The van der Waals surface area contributed by atoms with E-state index < -0.39 is 8.07 Å². The predicted molar refractivity (Wildman–Crippen MR) is 114 cm³/mol. The van der Waals surface area contributed by atoms with Gasteiger partial charge < -0.3 is 0 Å². The fraction of sp³-hybridized carbons (Fsp3) is 0.565. The van der Waals surface area contributed by atoms with Gasteiger partial charge in [0.2, 0.25) is 0 Å². The van der Waals surface area contributed by atoms with Crippen LogP contribution >= 0.6 is 0 Å². The average Bonchev–Trinajstić information content (AvgIpc) is 2.55. The van der Waals surface area contributed by atoms with Gasteiger partial charge in [-0.05, 0) is 36.6 Å². The van der Waals surface area contributed by atoms with Crippen molar-refractivity contribution < 1.29 is 0 Å². The summed E-state index contributed by atoms with van der Waals surface area (Å²) < 4.78 is 0. The Morgan fingerprint density at radius 1 is 1.21 bits per heavy atom. The van der Waals surface area contributed by atoms with Crippen LogP contribution in [0.2, 0.25) is 18.6 Å². The van der Waals surface area contributed by atoms with Gasteiger partial charge in [-0.2, -0.15) is 0 Å².